The highest BCUT2D eigenvalue weighted by molar-refractivity contribution is 8.00. The molecule has 4 aromatic rings. The van der Waals surface area contributed by atoms with Gasteiger partial charge in [-0.15, -0.1) is 10.2 Å². The fourth-order valence-corrected chi connectivity index (χ4v) is 4.40. The van der Waals surface area contributed by atoms with Gasteiger partial charge in [0.05, 0.1) is 10.3 Å². The van der Waals surface area contributed by atoms with Crippen molar-refractivity contribution in [2.45, 2.75) is 24.3 Å². The fraction of sp³-hybridized carbons (Fsp3) is 0.190. The number of hydrogen-bond acceptors (Lipinski definition) is 4. The van der Waals surface area contributed by atoms with Crippen molar-refractivity contribution in [1.82, 2.24) is 19.7 Å². The van der Waals surface area contributed by atoms with E-state index in [4.69, 9.17) is 11.6 Å². The molecular formula is C21H19ClN4OS. The summed E-state index contributed by atoms with van der Waals surface area (Å²) < 4.78 is 1.87. The molecule has 0 aliphatic rings. The van der Waals surface area contributed by atoms with Crippen molar-refractivity contribution in [1.29, 1.82) is 0 Å². The van der Waals surface area contributed by atoms with E-state index in [0.29, 0.717) is 16.0 Å². The van der Waals surface area contributed by atoms with E-state index < -0.39 is 0 Å². The maximum atomic E-state index is 13.2. The number of aromatic nitrogens is 4. The van der Waals surface area contributed by atoms with Crippen LogP contribution in [0.25, 0.3) is 22.3 Å². The van der Waals surface area contributed by atoms with Crippen molar-refractivity contribution in [2.75, 3.05) is 0 Å². The Morgan fingerprint density at radius 3 is 2.64 bits per heavy atom. The number of nitrogens with one attached hydrogen (secondary N) is 1. The Bertz CT molecular complexity index is 1180. The second kappa shape index (κ2) is 7.45. The summed E-state index contributed by atoms with van der Waals surface area (Å²) in [6.07, 6.45) is 0. The van der Waals surface area contributed by atoms with Gasteiger partial charge >= 0.3 is 0 Å². The first kappa shape index (κ1) is 18.8. The molecular weight excluding hydrogens is 392 g/mol. The molecule has 5 nitrogen and oxygen atoms in total. The van der Waals surface area contributed by atoms with E-state index in [1.807, 2.05) is 74.0 Å². The van der Waals surface area contributed by atoms with Gasteiger partial charge in [0.15, 0.2) is 16.8 Å². The second-order valence-corrected chi connectivity index (χ2v) is 8.36. The number of rotatable bonds is 5. The number of para-hydroxylation sites is 1. The Labute approximate surface area is 172 Å². The van der Waals surface area contributed by atoms with Crippen molar-refractivity contribution >= 4 is 40.0 Å². The third kappa shape index (κ3) is 3.23. The minimum absolute atomic E-state index is 0.0715. The van der Waals surface area contributed by atoms with Crippen LogP contribution in [0.1, 0.15) is 23.0 Å². The molecule has 1 N–H and O–H groups in total. The van der Waals surface area contributed by atoms with Gasteiger partial charge in [-0.1, -0.05) is 53.7 Å². The number of nitrogens with zero attached hydrogens (tertiary/aromatic N) is 3. The van der Waals surface area contributed by atoms with Crippen LogP contribution in [-0.2, 0) is 7.05 Å². The Kier molecular flexibility index (Phi) is 5.00. The van der Waals surface area contributed by atoms with Crippen molar-refractivity contribution in [3.8, 4) is 11.4 Å². The Balaban J connectivity index is 1.62. The van der Waals surface area contributed by atoms with Gasteiger partial charge in [0.1, 0.15) is 0 Å². The molecule has 0 radical (unpaired) electrons. The predicted molar refractivity (Wildman–Crippen MR) is 114 cm³/mol. The largest absolute Gasteiger partial charge is 0.358 e. The minimum Gasteiger partial charge on any atom is -0.358 e. The SMILES string of the molecule is Cc1[nH]c2ccccc2c1C(=O)C(C)Sc1nnc(-c2ccccc2Cl)n1C. The smallest absolute Gasteiger partial charge is 0.191 e. The lowest BCUT2D eigenvalue weighted by Crippen LogP contribution is -2.15. The van der Waals surface area contributed by atoms with Crippen LogP contribution < -0.4 is 0 Å². The van der Waals surface area contributed by atoms with Crippen LogP contribution in [0, 0.1) is 6.92 Å². The molecule has 7 heteroatoms. The molecule has 0 fully saturated rings. The summed E-state index contributed by atoms with van der Waals surface area (Å²) in [4.78, 5) is 16.5. The zero-order valence-corrected chi connectivity index (χ0v) is 17.3. The highest BCUT2D eigenvalue weighted by Gasteiger charge is 2.24. The molecule has 0 saturated heterocycles. The number of Topliss-reactive ketones (excluding diaryl/α,β-unsaturated/α-hetero) is 1. The van der Waals surface area contributed by atoms with Gasteiger partial charge < -0.3 is 9.55 Å². The van der Waals surface area contributed by atoms with Crippen molar-refractivity contribution < 1.29 is 4.79 Å². The van der Waals surface area contributed by atoms with E-state index in [-0.39, 0.29) is 11.0 Å². The average molecular weight is 411 g/mol. The number of halogens is 1. The summed E-state index contributed by atoms with van der Waals surface area (Å²) in [6.45, 7) is 3.83. The van der Waals surface area contributed by atoms with E-state index in [1.165, 1.54) is 11.8 Å². The lowest BCUT2D eigenvalue weighted by Gasteiger charge is -2.11. The average Bonchev–Trinajstić information content (AvgIpc) is 3.21. The molecule has 28 heavy (non-hydrogen) atoms. The van der Waals surface area contributed by atoms with Crippen LogP contribution in [-0.4, -0.2) is 30.8 Å². The molecule has 2 aromatic carbocycles. The Hall–Kier alpha value is -2.57. The molecule has 142 valence electrons. The molecule has 0 saturated carbocycles. The number of ketones is 1. The van der Waals surface area contributed by atoms with E-state index in [0.717, 1.165) is 27.7 Å². The standard InChI is InChI=1S/C21H19ClN4OS/c1-12-18(15-9-5-7-11-17(15)23-12)19(27)13(2)28-21-25-24-20(26(21)3)14-8-4-6-10-16(14)22/h4-11,13,23H,1-3H3. The number of carbonyl (C=O) groups excluding carboxylic acids is 1. The number of carbonyl (C=O) groups is 1. The van der Waals surface area contributed by atoms with Crippen molar-refractivity contribution in [3.05, 3.63) is 64.8 Å². The summed E-state index contributed by atoms with van der Waals surface area (Å²) in [5, 5.41) is 10.5. The van der Waals surface area contributed by atoms with Gasteiger partial charge in [0.25, 0.3) is 0 Å². The number of fused-ring (bicyclic) bond motifs is 1. The first-order valence-corrected chi connectivity index (χ1v) is 10.2. The highest BCUT2D eigenvalue weighted by Crippen LogP contribution is 2.32. The summed E-state index contributed by atoms with van der Waals surface area (Å²) in [6, 6.07) is 15.4. The van der Waals surface area contributed by atoms with Crippen LogP contribution in [0.5, 0.6) is 0 Å². The van der Waals surface area contributed by atoms with Crippen molar-refractivity contribution in [2.24, 2.45) is 7.05 Å². The lowest BCUT2D eigenvalue weighted by molar-refractivity contribution is 0.0995. The van der Waals surface area contributed by atoms with Crippen LogP contribution in [0.2, 0.25) is 5.02 Å². The van der Waals surface area contributed by atoms with E-state index in [1.54, 1.807) is 0 Å². The first-order chi connectivity index (χ1) is 13.5. The van der Waals surface area contributed by atoms with Crippen LogP contribution in [0.15, 0.2) is 53.7 Å². The molecule has 2 heterocycles. The molecule has 1 atom stereocenters. The lowest BCUT2D eigenvalue weighted by atomic mass is 10.1. The zero-order chi connectivity index (χ0) is 19.8. The summed E-state index contributed by atoms with van der Waals surface area (Å²) in [7, 11) is 1.88. The van der Waals surface area contributed by atoms with Gasteiger partial charge in [-0.05, 0) is 32.0 Å². The van der Waals surface area contributed by atoms with Crippen LogP contribution >= 0.6 is 23.4 Å². The number of thioether (sulfide) groups is 1. The van der Waals surface area contributed by atoms with Gasteiger partial charge in [-0.3, -0.25) is 4.79 Å². The number of aryl methyl sites for hydroxylation is 1. The third-order valence-electron chi connectivity index (χ3n) is 4.74. The number of benzene rings is 2. The monoisotopic (exact) mass is 410 g/mol. The molecule has 0 aliphatic carbocycles. The van der Waals surface area contributed by atoms with Gasteiger partial charge in [-0.2, -0.15) is 0 Å². The number of aromatic amines is 1. The van der Waals surface area contributed by atoms with Gasteiger partial charge in [0.2, 0.25) is 0 Å². The fourth-order valence-electron chi connectivity index (χ4n) is 3.30. The summed E-state index contributed by atoms with van der Waals surface area (Å²) >= 11 is 7.69. The quantitative estimate of drug-likeness (QED) is 0.358. The third-order valence-corrected chi connectivity index (χ3v) is 6.20. The van der Waals surface area contributed by atoms with Crippen LogP contribution in [0.4, 0.5) is 0 Å². The number of H-pyrrole nitrogens is 1. The zero-order valence-electron chi connectivity index (χ0n) is 15.7. The van der Waals surface area contributed by atoms with E-state index in [9.17, 15) is 4.79 Å². The molecule has 0 aliphatic heterocycles. The number of hydrogen-bond donors (Lipinski definition) is 1. The van der Waals surface area contributed by atoms with Gasteiger partial charge in [-0.25, -0.2) is 0 Å². The summed E-state index contributed by atoms with van der Waals surface area (Å²) in [5.74, 6) is 0.748. The Morgan fingerprint density at radius 1 is 1.14 bits per heavy atom. The predicted octanol–water partition coefficient (Wildman–Crippen LogP) is 5.29. The summed E-state index contributed by atoms with van der Waals surface area (Å²) in [5.41, 5.74) is 3.41. The molecule has 0 amide bonds. The van der Waals surface area contributed by atoms with Gasteiger partial charge in [0, 0.05) is 34.8 Å². The first-order valence-electron chi connectivity index (χ1n) is 8.90. The van der Waals surface area contributed by atoms with Crippen LogP contribution in [0.3, 0.4) is 0 Å². The molecule has 2 aromatic heterocycles. The molecule has 1 unspecified atom stereocenters. The van der Waals surface area contributed by atoms with Crippen molar-refractivity contribution in [3.63, 3.8) is 0 Å². The normalized spacial score (nSPS) is 12.4. The van der Waals surface area contributed by atoms with E-state index in [2.05, 4.69) is 15.2 Å². The Morgan fingerprint density at radius 2 is 1.86 bits per heavy atom. The molecule has 0 spiro atoms. The second-order valence-electron chi connectivity index (χ2n) is 6.64. The molecule has 4 rings (SSSR count). The maximum absolute atomic E-state index is 13.2. The highest BCUT2D eigenvalue weighted by atomic mass is 35.5. The topological polar surface area (TPSA) is 63.6 Å². The minimum atomic E-state index is -0.306. The van der Waals surface area contributed by atoms with E-state index >= 15 is 0 Å². The maximum Gasteiger partial charge on any atom is 0.191 e. The molecule has 0 bridgehead atoms.